The molecule has 27 heavy (non-hydrogen) atoms. The SMILES string of the molecule is C[Si](=[Ti+2])c1ccccc1.c1ccc2[cH-]ccc2c1.c1ccc2[cH-]ccc2c1. The van der Waals surface area contributed by atoms with Crippen molar-refractivity contribution in [2.45, 2.75) is 6.55 Å². The van der Waals surface area contributed by atoms with E-state index in [4.69, 9.17) is 0 Å². The minimum Gasteiger partial charge on any atom is -0.168 e. The van der Waals surface area contributed by atoms with Crippen LogP contribution in [0.3, 0.4) is 0 Å². The van der Waals surface area contributed by atoms with Crippen LogP contribution in [0.25, 0.3) is 21.5 Å². The molecular formula is C25H22SiTi. The van der Waals surface area contributed by atoms with E-state index in [0.717, 1.165) is 0 Å². The van der Waals surface area contributed by atoms with Gasteiger partial charge in [-0.25, -0.2) is 0 Å². The molecule has 0 atom stereocenters. The molecule has 0 radical (unpaired) electrons. The van der Waals surface area contributed by atoms with Crippen LogP contribution in [0, 0.1) is 0 Å². The van der Waals surface area contributed by atoms with Crippen molar-refractivity contribution in [3.63, 3.8) is 0 Å². The van der Waals surface area contributed by atoms with Crippen molar-refractivity contribution in [3.8, 4) is 0 Å². The molecule has 130 valence electrons. The van der Waals surface area contributed by atoms with Gasteiger partial charge in [0.05, 0.1) is 0 Å². The number of fused-ring (bicyclic) bond motifs is 2. The normalized spacial score (nSPS) is 9.89. The summed E-state index contributed by atoms with van der Waals surface area (Å²) in [5, 5.41) is 6.84. The van der Waals surface area contributed by atoms with Crippen molar-refractivity contribution in [1.82, 2.24) is 0 Å². The van der Waals surface area contributed by atoms with Gasteiger partial charge < -0.3 is 0 Å². The van der Waals surface area contributed by atoms with E-state index in [9.17, 15) is 0 Å². The predicted molar refractivity (Wildman–Crippen MR) is 117 cm³/mol. The number of rotatable bonds is 1. The van der Waals surface area contributed by atoms with Crippen molar-refractivity contribution >= 4 is 32.9 Å². The van der Waals surface area contributed by atoms with Gasteiger partial charge in [-0.1, -0.05) is 12.1 Å². The summed E-state index contributed by atoms with van der Waals surface area (Å²) >= 11 is 2.31. The first-order valence-corrected chi connectivity index (χ1v) is 13.4. The summed E-state index contributed by atoms with van der Waals surface area (Å²) in [6.07, 6.45) is -0.212. The molecule has 0 heterocycles. The van der Waals surface area contributed by atoms with Gasteiger partial charge in [0, 0.05) is 0 Å². The molecule has 5 aromatic carbocycles. The number of benzene rings is 3. The van der Waals surface area contributed by atoms with E-state index in [2.05, 4.69) is 141 Å². The van der Waals surface area contributed by atoms with E-state index in [0.29, 0.717) is 0 Å². The molecule has 0 unspecified atom stereocenters. The average Bonchev–Trinajstić information content (AvgIpc) is 3.39. The predicted octanol–water partition coefficient (Wildman–Crippen LogP) is 6.18. The van der Waals surface area contributed by atoms with Crippen molar-refractivity contribution in [2.24, 2.45) is 0 Å². The zero-order valence-corrected chi connectivity index (χ0v) is 18.0. The van der Waals surface area contributed by atoms with Gasteiger partial charge in [0.1, 0.15) is 0 Å². The van der Waals surface area contributed by atoms with Crippen molar-refractivity contribution in [3.05, 3.63) is 115 Å². The molecule has 5 aromatic rings. The minimum absolute atomic E-state index is 0.212. The van der Waals surface area contributed by atoms with Crippen LogP contribution in [0.15, 0.2) is 115 Å². The van der Waals surface area contributed by atoms with Crippen LogP contribution in [0.2, 0.25) is 6.55 Å². The van der Waals surface area contributed by atoms with Gasteiger partial charge in [-0.05, 0) is 0 Å². The fraction of sp³-hybridized carbons (Fsp3) is 0.0400. The Hall–Kier alpha value is -2.19. The Morgan fingerprint density at radius 2 is 1.04 bits per heavy atom. The summed E-state index contributed by atoms with van der Waals surface area (Å²) < 4.78 is 0. The van der Waals surface area contributed by atoms with Gasteiger partial charge in [-0.15, -0.1) is 59.3 Å². The topological polar surface area (TPSA) is 0 Å². The Morgan fingerprint density at radius 1 is 0.593 bits per heavy atom. The Morgan fingerprint density at radius 3 is 1.44 bits per heavy atom. The second-order valence-electron chi connectivity index (χ2n) is 6.30. The summed E-state index contributed by atoms with van der Waals surface area (Å²) in [4.78, 5) is 0. The van der Waals surface area contributed by atoms with Crippen molar-refractivity contribution in [2.75, 3.05) is 0 Å². The molecule has 0 amide bonds. The number of hydrogen-bond donors (Lipinski definition) is 0. The van der Waals surface area contributed by atoms with Gasteiger partial charge in [0.2, 0.25) is 0 Å². The molecule has 0 bridgehead atoms. The van der Waals surface area contributed by atoms with Crippen LogP contribution >= 0.6 is 0 Å². The average molecular weight is 398 g/mol. The standard InChI is InChI=1S/2C9H7.C7H8Si.Ti/c2*1-2-5-9-7-3-6-8(9)4-1;1-8-7-5-3-2-4-6-7;/h2*1-7H;2-6H,1H3;/q2*-1;;+2. The molecule has 0 N–H and O–H groups in total. The Bertz CT molecular complexity index is 976. The maximum Gasteiger partial charge on any atom is -0.0809 e. The van der Waals surface area contributed by atoms with Crippen LogP contribution in [0.4, 0.5) is 0 Å². The van der Waals surface area contributed by atoms with Gasteiger partial charge in [0.25, 0.3) is 0 Å². The van der Waals surface area contributed by atoms with Gasteiger partial charge in [-0.3, -0.25) is 0 Å². The maximum absolute atomic E-state index is 2.31. The first kappa shape index (κ1) is 19.6. The van der Waals surface area contributed by atoms with Crippen LogP contribution in [0.5, 0.6) is 0 Å². The fourth-order valence-electron chi connectivity index (χ4n) is 2.83. The Labute approximate surface area is 173 Å². The zero-order valence-electron chi connectivity index (χ0n) is 15.5. The maximum atomic E-state index is 2.31. The van der Waals surface area contributed by atoms with Crippen molar-refractivity contribution < 1.29 is 19.2 Å². The van der Waals surface area contributed by atoms with E-state index in [1.165, 1.54) is 26.7 Å². The molecule has 0 aliphatic carbocycles. The molecule has 0 aromatic heterocycles. The summed E-state index contributed by atoms with van der Waals surface area (Å²) in [6.45, 7) is 2.31. The van der Waals surface area contributed by atoms with Crippen LogP contribution in [0.1, 0.15) is 0 Å². The molecule has 2 heteroatoms. The summed E-state index contributed by atoms with van der Waals surface area (Å²) in [6, 6.07) is 40.0. The third kappa shape index (κ3) is 5.90. The smallest absolute Gasteiger partial charge is 0.0809 e. The molecule has 0 aliphatic heterocycles. The molecule has 0 fully saturated rings. The minimum atomic E-state index is -0.212. The molecule has 0 spiro atoms. The first-order valence-electron chi connectivity index (χ1n) is 9.05. The summed E-state index contributed by atoms with van der Waals surface area (Å²) in [5.41, 5.74) is 0. The molecular weight excluding hydrogens is 376 g/mol. The Balaban J connectivity index is 0.000000117. The van der Waals surface area contributed by atoms with E-state index in [1.54, 1.807) is 0 Å². The zero-order chi connectivity index (χ0) is 18.9. The third-order valence-electron chi connectivity index (χ3n) is 4.30. The van der Waals surface area contributed by atoms with Gasteiger partial charge >= 0.3 is 67.4 Å². The first-order chi connectivity index (χ1) is 13.2. The molecule has 0 aliphatic rings. The largest absolute Gasteiger partial charge is 0.168 e. The van der Waals surface area contributed by atoms with E-state index in [1.807, 2.05) is 0 Å². The second-order valence-corrected chi connectivity index (χ2v) is 11.6. The molecule has 0 saturated heterocycles. The fourth-order valence-corrected chi connectivity index (χ4v) is 4.30. The monoisotopic (exact) mass is 398 g/mol. The van der Waals surface area contributed by atoms with Crippen molar-refractivity contribution in [1.29, 1.82) is 0 Å². The Kier molecular flexibility index (Phi) is 7.41. The molecule has 0 nitrogen and oxygen atoms in total. The van der Waals surface area contributed by atoms with Crippen LogP contribution in [-0.4, -0.2) is 6.19 Å². The van der Waals surface area contributed by atoms with Crippen LogP contribution < -0.4 is 5.19 Å². The van der Waals surface area contributed by atoms with E-state index in [-0.39, 0.29) is 6.19 Å². The molecule has 5 rings (SSSR count). The van der Waals surface area contributed by atoms with E-state index < -0.39 is 0 Å². The summed E-state index contributed by atoms with van der Waals surface area (Å²) in [7, 11) is 0. The third-order valence-corrected chi connectivity index (χ3v) is 6.85. The summed E-state index contributed by atoms with van der Waals surface area (Å²) in [5.74, 6) is 0. The number of hydrogen-bond acceptors (Lipinski definition) is 0. The van der Waals surface area contributed by atoms with Crippen LogP contribution in [-0.2, 0) is 19.2 Å². The van der Waals surface area contributed by atoms with Gasteiger partial charge in [0.15, 0.2) is 0 Å². The van der Waals surface area contributed by atoms with E-state index >= 15 is 0 Å². The molecule has 0 saturated carbocycles. The van der Waals surface area contributed by atoms with Gasteiger partial charge in [-0.2, -0.15) is 35.0 Å². The quantitative estimate of drug-likeness (QED) is 0.234. The second kappa shape index (κ2) is 10.2.